The monoisotopic (exact) mass is 305 g/mol. The quantitative estimate of drug-likeness (QED) is 0.648. The van der Waals surface area contributed by atoms with E-state index in [1.54, 1.807) is 0 Å². The van der Waals surface area contributed by atoms with E-state index < -0.39 is 29.3 Å². The summed E-state index contributed by atoms with van der Waals surface area (Å²) in [4.78, 5) is 0. The summed E-state index contributed by atoms with van der Waals surface area (Å²) in [6.07, 6.45) is -3.06. The van der Waals surface area contributed by atoms with Gasteiger partial charge in [-0.2, -0.15) is 13.2 Å². The molecule has 4 nitrogen and oxygen atoms in total. The van der Waals surface area contributed by atoms with Crippen molar-refractivity contribution in [2.24, 2.45) is 5.92 Å². The van der Waals surface area contributed by atoms with Gasteiger partial charge in [-0.25, -0.2) is 0 Å². The van der Waals surface area contributed by atoms with Crippen LogP contribution in [0.25, 0.3) is 0 Å². The van der Waals surface area contributed by atoms with Gasteiger partial charge in [-0.1, -0.05) is 6.07 Å². The maximum absolute atomic E-state index is 12.5. The molecule has 0 spiro atoms. The zero-order valence-corrected chi connectivity index (χ0v) is 11.3. The van der Waals surface area contributed by atoms with E-state index in [9.17, 15) is 28.5 Å². The molecule has 1 fully saturated rings. The fourth-order valence-electron chi connectivity index (χ4n) is 2.63. The highest BCUT2D eigenvalue weighted by atomic mass is 19.4. The molecule has 1 saturated carbocycles. The molecule has 0 aliphatic heterocycles. The second-order valence-corrected chi connectivity index (χ2v) is 5.41. The molecule has 118 valence electrons. The van der Waals surface area contributed by atoms with Crippen molar-refractivity contribution in [2.45, 2.75) is 44.4 Å². The van der Waals surface area contributed by atoms with Crippen LogP contribution in [0.1, 0.15) is 31.2 Å². The summed E-state index contributed by atoms with van der Waals surface area (Å²) in [7, 11) is 0. The molecule has 0 radical (unpaired) electrons. The van der Waals surface area contributed by atoms with Crippen LogP contribution in [0.3, 0.4) is 0 Å². The first-order valence-electron chi connectivity index (χ1n) is 6.82. The smallest absolute Gasteiger partial charge is 0.391 e. The highest BCUT2D eigenvalue weighted by molar-refractivity contribution is 5.53. The minimum atomic E-state index is -4.12. The number of halogens is 3. The SMILES string of the molecule is Oc1ccc(CNC2CCC(C(F)(F)F)CC2)c(O)c1O. The zero-order valence-electron chi connectivity index (χ0n) is 11.3. The van der Waals surface area contributed by atoms with Gasteiger partial charge in [0, 0.05) is 18.2 Å². The fraction of sp³-hybridized carbons (Fsp3) is 0.571. The number of hydrogen-bond acceptors (Lipinski definition) is 4. The molecule has 1 aromatic rings. The van der Waals surface area contributed by atoms with E-state index in [4.69, 9.17) is 0 Å². The summed E-state index contributed by atoms with van der Waals surface area (Å²) in [5.74, 6) is -2.63. The maximum atomic E-state index is 12.5. The van der Waals surface area contributed by atoms with Crippen LogP contribution in [0.4, 0.5) is 13.2 Å². The Bertz CT molecular complexity index is 497. The van der Waals surface area contributed by atoms with Gasteiger partial charge in [-0.05, 0) is 31.7 Å². The van der Waals surface area contributed by atoms with Gasteiger partial charge in [-0.15, -0.1) is 0 Å². The van der Waals surface area contributed by atoms with Crippen LogP contribution in [0.2, 0.25) is 0 Å². The van der Waals surface area contributed by atoms with Crippen molar-refractivity contribution in [2.75, 3.05) is 0 Å². The van der Waals surface area contributed by atoms with Crippen LogP contribution in [-0.4, -0.2) is 27.5 Å². The lowest BCUT2D eigenvalue weighted by atomic mass is 9.85. The largest absolute Gasteiger partial charge is 0.504 e. The molecule has 0 amide bonds. The molecule has 0 saturated heterocycles. The lowest BCUT2D eigenvalue weighted by molar-refractivity contribution is -0.182. The van der Waals surface area contributed by atoms with Crippen LogP contribution in [0.15, 0.2) is 12.1 Å². The minimum absolute atomic E-state index is 0.0426. The number of phenols is 3. The lowest BCUT2D eigenvalue weighted by Crippen LogP contribution is -2.36. The van der Waals surface area contributed by atoms with Gasteiger partial charge in [0.2, 0.25) is 5.75 Å². The summed E-state index contributed by atoms with van der Waals surface area (Å²) >= 11 is 0. The lowest BCUT2D eigenvalue weighted by Gasteiger charge is -2.30. The van der Waals surface area contributed by atoms with Crippen LogP contribution in [0.5, 0.6) is 17.2 Å². The molecule has 21 heavy (non-hydrogen) atoms. The van der Waals surface area contributed by atoms with Gasteiger partial charge < -0.3 is 20.6 Å². The Balaban J connectivity index is 1.87. The Morgan fingerprint density at radius 3 is 2.19 bits per heavy atom. The number of aromatic hydroxyl groups is 3. The summed E-state index contributed by atoms with van der Waals surface area (Å²) in [5.41, 5.74) is 0.392. The zero-order chi connectivity index (χ0) is 15.6. The number of nitrogens with one attached hydrogen (secondary N) is 1. The number of benzene rings is 1. The highest BCUT2D eigenvalue weighted by Crippen LogP contribution is 2.39. The Morgan fingerprint density at radius 2 is 1.62 bits per heavy atom. The first-order chi connectivity index (χ1) is 9.79. The molecule has 1 aromatic carbocycles. The Labute approximate surface area is 120 Å². The van der Waals surface area contributed by atoms with E-state index in [0.29, 0.717) is 18.4 Å². The molecule has 4 N–H and O–H groups in total. The molecule has 0 bridgehead atoms. The summed E-state index contributed by atoms with van der Waals surface area (Å²) < 4.78 is 37.6. The molecule has 0 atom stereocenters. The van der Waals surface area contributed by atoms with Crippen molar-refractivity contribution >= 4 is 0 Å². The van der Waals surface area contributed by atoms with Crippen molar-refractivity contribution in [1.82, 2.24) is 5.32 Å². The third-order valence-electron chi connectivity index (χ3n) is 3.98. The van der Waals surface area contributed by atoms with Crippen LogP contribution >= 0.6 is 0 Å². The van der Waals surface area contributed by atoms with Crippen LogP contribution in [-0.2, 0) is 6.54 Å². The standard InChI is InChI=1S/C14H18F3NO3/c15-14(16,17)9-2-4-10(5-3-9)18-7-8-1-6-11(19)13(21)12(8)20/h1,6,9-10,18-21H,2-5,7H2. The van der Waals surface area contributed by atoms with Crippen molar-refractivity contribution in [3.05, 3.63) is 17.7 Å². The minimum Gasteiger partial charge on any atom is -0.504 e. The van der Waals surface area contributed by atoms with E-state index >= 15 is 0 Å². The summed E-state index contributed by atoms with van der Waals surface area (Å²) in [6.45, 7) is 0.223. The summed E-state index contributed by atoms with van der Waals surface area (Å²) in [6, 6.07) is 2.67. The third-order valence-corrected chi connectivity index (χ3v) is 3.98. The molecular formula is C14H18F3NO3. The average molecular weight is 305 g/mol. The highest BCUT2D eigenvalue weighted by Gasteiger charge is 2.41. The van der Waals surface area contributed by atoms with E-state index in [0.717, 1.165) is 0 Å². The third kappa shape index (κ3) is 3.72. The molecular weight excluding hydrogens is 287 g/mol. The molecule has 1 aliphatic rings. The molecule has 2 rings (SSSR count). The van der Waals surface area contributed by atoms with Gasteiger partial charge in [-0.3, -0.25) is 0 Å². The Kier molecular flexibility index (Phi) is 4.51. The van der Waals surface area contributed by atoms with Crippen LogP contribution in [0, 0.1) is 5.92 Å². The second kappa shape index (κ2) is 6.01. The van der Waals surface area contributed by atoms with Crippen molar-refractivity contribution in [3.63, 3.8) is 0 Å². The number of phenolic OH excluding ortho intramolecular Hbond substituents is 3. The molecule has 0 heterocycles. The van der Waals surface area contributed by atoms with Crippen LogP contribution < -0.4 is 5.32 Å². The topological polar surface area (TPSA) is 72.7 Å². The number of rotatable bonds is 3. The van der Waals surface area contributed by atoms with E-state index in [1.807, 2.05) is 0 Å². The van der Waals surface area contributed by atoms with Gasteiger partial charge in [0.1, 0.15) is 0 Å². The van der Waals surface area contributed by atoms with E-state index in [2.05, 4.69) is 5.32 Å². The van der Waals surface area contributed by atoms with Crippen molar-refractivity contribution in [3.8, 4) is 17.2 Å². The van der Waals surface area contributed by atoms with Gasteiger partial charge >= 0.3 is 6.18 Å². The maximum Gasteiger partial charge on any atom is 0.391 e. The number of hydrogen-bond donors (Lipinski definition) is 4. The van der Waals surface area contributed by atoms with Gasteiger partial charge in [0.05, 0.1) is 5.92 Å². The predicted molar refractivity (Wildman–Crippen MR) is 70.1 cm³/mol. The van der Waals surface area contributed by atoms with Gasteiger partial charge in [0.15, 0.2) is 11.5 Å². The fourth-order valence-corrected chi connectivity index (χ4v) is 2.63. The molecule has 0 unspecified atom stereocenters. The van der Waals surface area contributed by atoms with Crippen molar-refractivity contribution in [1.29, 1.82) is 0 Å². The van der Waals surface area contributed by atoms with E-state index in [1.165, 1.54) is 12.1 Å². The summed E-state index contributed by atoms with van der Waals surface area (Å²) in [5, 5.41) is 31.3. The number of alkyl halides is 3. The molecule has 0 aromatic heterocycles. The second-order valence-electron chi connectivity index (χ2n) is 5.41. The Hall–Kier alpha value is -1.63. The Morgan fingerprint density at radius 1 is 1.00 bits per heavy atom. The molecule has 7 heteroatoms. The first kappa shape index (κ1) is 15.8. The first-order valence-corrected chi connectivity index (χ1v) is 6.82. The van der Waals surface area contributed by atoms with Crippen molar-refractivity contribution < 1.29 is 28.5 Å². The normalized spacial score (nSPS) is 23.2. The van der Waals surface area contributed by atoms with Gasteiger partial charge in [0.25, 0.3) is 0 Å². The average Bonchev–Trinajstić information content (AvgIpc) is 2.43. The molecule has 1 aliphatic carbocycles. The van der Waals surface area contributed by atoms with E-state index in [-0.39, 0.29) is 25.4 Å². The predicted octanol–water partition coefficient (Wildman–Crippen LogP) is 3.01.